The molecule has 0 radical (unpaired) electrons. The van der Waals surface area contributed by atoms with E-state index < -0.39 is 17.3 Å². The van der Waals surface area contributed by atoms with Crippen LogP contribution in [0.4, 0.5) is 16.6 Å². The average molecular weight is 1020 g/mol. The van der Waals surface area contributed by atoms with Gasteiger partial charge < -0.3 is 25.0 Å². The zero-order valence-corrected chi connectivity index (χ0v) is 43.1. The Balaban J connectivity index is 0.763. The summed E-state index contributed by atoms with van der Waals surface area (Å²) in [6, 6.07) is 26.9. The molecule has 2 fully saturated rings. The Labute approximate surface area is 432 Å². The minimum absolute atomic E-state index is 0.0386. The molecule has 2 saturated heterocycles. The van der Waals surface area contributed by atoms with Gasteiger partial charge in [-0.05, 0) is 95.8 Å². The number of piperazine rings is 1. The van der Waals surface area contributed by atoms with Crippen LogP contribution in [-0.2, 0) is 39.8 Å². The third-order valence-electron chi connectivity index (χ3n) is 14.4. The number of fused-ring (bicyclic) bond motifs is 3. The summed E-state index contributed by atoms with van der Waals surface area (Å²) in [6.07, 6.45) is 2.08. The maximum absolute atomic E-state index is 13.8. The number of hydrogen-bond donors (Lipinski definition) is 4. The number of piperidine rings is 1. The third-order valence-corrected chi connectivity index (χ3v) is 15.3. The maximum atomic E-state index is 13.8. The van der Waals surface area contributed by atoms with Crippen molar-refractivity contribution in [3.63, 3.8) is 0 Å². The minimum Gasteiger partial charge on any atom is -0.493 e. The normalized spacial score (nSPS) is 16.6. The van der Waals surface area contributed by atoms with Gasteiger partial charge in [0.05, 0.1) is 46.2 Å². The van der Waals surface area contributed by atoms with Gasteiger partial charge in [0, 0.05) is 75.8 Å². The summed E-state index contributed by atoms with van der Waals surface area (Å²) in [4.78, 5) is 81.0. The molecule has 3 aliphatic rings. The van der Waals surface area contributed by atoms with Crippen LogP contribution in [0.15, 0.2) is 84.9 Å². The lowest BCUT2D eigenvalue weighted by Crippen LogP contribution is -2.48. The molecule has 0 spiro atoms. The van der Waals surface area contributed by atoms with Crippen LogP contribution in [0, 0.1) is 6.92 Å². The molecule has 3 aliphatic heterocycles. The summed E-state index contributed by atoms with van der Waals surface area (Å²) in [6.45, 7) is 13.8. The number of carbonyl (C=O) groups is 5. The lowest BCUT2D eigenvalue weighted by Gasteiger charge is -2.34. The van der Waals surface area contributed by atoms with E-state index in [1.807, 2.05) is 91.9 Å². The SMILES string of the molecule is Cc1c(OCCCN2CCN(CC(=O)Nc3cccc4c(C5CCC(=O)NC5=O)nn(C)c34)CC2)cccc1-c1c(C(C)(C)C)cc(N2CCc3cccc(C(=O)Nc4nc5ccccc5s4)c3C2)nc1C(=O)O. The van der Waals surface area contributed by atoms with E-state index in [9.17, 15) is 29.1 Å². The molecule has 4 N–H and O–H groups in total. The molecule has 1 unspecified atom stereocenters. The summed E-state index contributed by atoms with van der Waals surface area (Å²) < 4.78 is 9.09. The number of thiazole rings is 1. The first kappa shape index (κ1) is 50.0. The predicted octanol–water partition coefficient (Wildman–Crippen LogP) is 7.91. The topological polar surface area (TPSA) is 204 Å². The fourth-order valence-corrected chi connectivity index (χ4v) is 11.4. The van der Waals surface area contributed by atoms with Crippen LogP contribution in [0.2, 0.25) is 0 Å². The number of ether oxygens (including phenoxy) is 1. The molecule has 18 heteroatoms. The highest BCUT2D eigenvalue weighted by molar-refractivity contribution is 7.22. The highest BCUT2D eigenvalue weighted by atomic mass is 32.1. The summed E-state index contributed by atoms with van der Waals surface area (Å²) in [5, 5.41) is 25.3. The van der Waals surface area contributed by atoms with Crippen molar-refractivity contribution in [2.75, 3.05) is 68.0 Å². The van der Waals surface area contributed by atoms with Gasteiger partial charge in [0.1, 0.15) is 11.6 Å². The van der Waals surface area contributed by atoms with Crippen LogP contribution in [0.1, 0.15) is 94.7 Å². The van der Waals surface area contributed by atoms with Crippen LogP contribution < -0.4 is 25.6 Å². The number of nitrogens with one attached hydrogen (secondary N) is 3. The van der Waals surface area contributed by atoms with E-state index in [4.69, 9.17) is 9.72 Å². The molecule has 0 saturated carbocycles. The van der Waals surface area contributed by atoms with Crippen molar-refractivity contribution in [2.24, 2.45) is 7.05 Å². The number of rotatable bonds is 14. The molecular formula is C56H60N10O7S. The summed E-state index contributed by atoms with van der Waals surface area (Å²) >= 11 is 1.43. The monoisotopic (exact) mass is 1020 g/mol. The smallest absolute Gasteiger partial charge is 0.355 e. The number of carboxylic acid groups (broad SMARTS) is 1. The van der Waals surface area contributed by atoms with Gasteiger partial charge in [0.15, 0.2) is 10.8 Å². The largest absolute Gasteiger partial charge is 0.493 e. The summed E-state index contributed by atoms with van der Waals surface area (Å²) in [5.74, 6) is -1.45. The van der Waals surface area contributed by atoms with Crippen molar-refractivity contribution in [3.05, 3.63) is 124 Å². The zero-order valence-electron chi connectivity index (χ0n) is 42.3. The van der Waals surface area contributed by atoms with Crippen LogP contribution >= 0.6 is 11.3 Å². The zero-order chi connectivity index (χ0) is 51.8. The molecule has 382 valence electrons. The van der Waals surface area contributed by atoms with Crippen molar-refractivity contribution in [1.29, 1.82) is 0 Å². The van der Waals surface area contributed by atoms with Crippen molar-refractivity contribution in [3.8, 4) is 16.9 Å². The highest BCUT2D eigenvalue weighted by Crippen LogP contribution is 2.42. The van der Waals surface area contributed by atoms with E-state index in [-0.39, 0.29) is 42.3 Å². The molecule has 0 bridgehead atoms. The number of anilines is 3. The number of hydrogen-bond acceptors (Lipinski definition) is 13. The van der Waals surface area contributed by atoms with Gasteiger partial charge in [-0.2, -0.15) is 5.10 Å². The average Bonchev–Trinajstić information content (AvgIpc) is 3.95. The van der Waals surface area contributed by atoms with Gasteiger partial charge in [0.2, 0.25) is 17.7 Å². The number of benzene rings is 4. The fraction of sp³-hybridized carbons (Fsp3) is 0.357. The van der Waals surface area contributed by atoms with Gasteiger partial charge in [0.25, 0.3) is 5.91 Å². The van der Waals surface area contributed by atoms with Crippen molar-refractivity contribution in [1.82, 2.24) is 34.9 Å². The number of carboxylic acids is 1. The standard InChI is InChI=1S/C56H60N10O7S/c1-33-35(48-40(56(2,3)4)30-45(59-50(48)54(71)72)66-24-22-34-12-8-14-36(39(34)31-66)52(69)61-55-58-41-16-6-7-19-44(41)74-55)13-10-18-43(33)73-29-11-23-64-25-27-65(28-26-64)32-47(68)57-42-17-9-15-37-49(62-63(5)51(37)42)38-20-21-46(67)60-53(38)70/h6-10,12-19,30,38H,11,20-29,31-32H2,1-5H3,(H,57,68)(H,71,72)(H,58,61,69)(H,60,67,70). The molecular weight excluding hydrogens is 957 g/mol. The molecule has 4 aromatic carbocycles. The number of amides is 4. The Kier molecular flexibility index (Phi) is 14.0. The van der Waals surface area contributed by atoms with Gasteiger partial charge in [-0.1, -0.05) is 80.6 Å². The van der Waals surface area contributed by atoms with Crippen LogP contribution in [-0.4, -0.2) is 117 Å². The molecule has 0 aliphatic carbocycles. The summed E-state index contributed by atoms with van der Waals surface area (Å²) in [5.41, 5.74) is 7.73. The van der Waals surface area contributed by atoms with E-state index in [0.29, 0.717) is 71.7 Å². The number of nitrogens with zero attached hydrogens (tertiary/aromatic N) is 7. The number of carbonyl (C=O) groups excluding carboxylic acids is 4. The molecule has 74 heavy (non-hydrogen) atoms. The molecule has 4 amide bonds. The molecule has 1 atom stereocenters. The van der Waals surface area contributed by atoms with E-state index in [2.05, 4.69) is 61.5 Å². The first-order chi connectivity index (χ1) is 35.6. The lowest BCUT2D eigenvalue weighted by atomic mass is 9.80. The molecule has 3 aromatic heterocycles. The Bertz CT molecular complexity index is 3320. The minimum atomic E-state index is -1.13. The number of aryl methyl sites for hydroxylation is 1. The number of para-hydroxylation sites is 2. The Morgan fingerprint density at radius 2 is 1.66 bits per heavy atom. The quantitative estimate of drug-likeness (QED) is 0.0605. The van der Waals surface area contributed by atoms with E-state index in [0.717, 1.165) is 88.1 Å². The van der Waals surface area contributed by atoms with Crippen molar-refractivity contribution >= 4 is 78.7 Å². The summed E-state index contributed by atoms with van der Waals surface area (Å²) in [7, 11) is 1.79. The Morgan fingerprint density at radius 3 is 2.43 bits per heavy atom. The third kappa shape index (κ3) is 10.3. The lowest BCUT2D eigenvalue weighted by molar-refractivity contribution is -0.134. The van der Waals surface area contributed by atoms with E-state index >= 15 is 0 Å². The second-order valence-corrected chi connectivity index (χ2v) is 21.4. The van der Waals surface area contributed by atoms with Crippen molar-refractivity contribution < 1.29 is 33.8 Å². The van der Waals surface area contributed by atoms with Gasteiger partial charge in [-0.25, -0.2) is 14.8 Å². The first-order valence-corrected chi connectivity index (χ1v) is 26.0. The molecule has 17 nitrogen and oxygen atoms in total. The number of pyridine rings is 1. The van der Waals surface area contributed by atoms with Crippen LogP contribution in [0.3, 0.4) is 0 Å². The van der Waals surface area contributed by atoms with Gasteiger partial charge in [-0.15, -0.1) is 0 Å². The van der Waals surface area contributed by atoms with Crippen molar-refractivity contribution in [2.45, 2.75) is 71.3 Å². The molecule has 7 aromatic rings. The first-order valence-electron chi connectivity index (χ1n) is 25.2. The second-order valence-electron chi connectivity index (χ2n) is 20.4. The highest BCUT2D eigenvalue weighted by Gasteiger charge is 2.34. The van der Waals surface area contributed by atoms with E-state index in [1.54, 1.807) is 11.7 Å². The Hall–Kier alpha value is -7.54. The number of imide groups is 1. The number of aromatic carboxylic acids is 1. The van der Waals surface area contributed by atoms with E-state index in [1.165, 1.54) is 11.3 Å². The van der Waals surface area contributed by atoms with Gasteiger partial charge in [-0.3, -0.25) is 39.4 Å². The maximum Gasteiger partial charge on any atom is 0.355 e. The van der Waals surface area contributed by atoms with Crippen LogP contribution in [0.5, 0.6) is 5.75 Å². The van der Waals surface area contributed by atoms with Gasteiger partial charge >= 0.3 is 5.97 Å². The van der Waals surface area contributed by atoms with Crippen LogP contribution in [0.25, 0.3) is 32.2 Å². The molecule has 10 rings (SSSR count). The predicted molar refractivity (Wildman–Crippen MR) is 286 cm³/mol. The number of aromatic nitrogens is 4. The fourth-order valence-electron chi connectivity index (χ4n) is 10.5. The molecule has 6 heterocycles. The second kappa shape index (κ2) is 20.8. The Morgan fingerprint density at radius 1 is 0.892 bits per heavy atom.